The van der Waals surface area contributed by atoms with Gasteiger partial charge in [-0.1, -0.05) is 35.5 Å². The van der Waals surface area contributed by atoms with Crippen LogP contribution in [0.2, 0.25) is 0 Å². The number of pyridine rings is 1. The second kappa shape index (κ2) is 8.59. The average Bonchev–Trinajstić information content (AvgIpc) is 3.10. The lowest BCUT2D eigenvalue weighted by Gasteiger charge is -2.09. The van der Waals surface area contributed by atoms with Gasteiger partial charge >= 0.3 is 0 Å². The molecule has 1 aliphatic heterocycles. The predicted molar refractivity (Wildman–Crippen MR) is 127 cm³/mol. The molecule has 7 nitrogen and oxygen atoms in total. The summed E-state index contributed by atoms with van der Waals surface area (Å²) in [6, 6.07) is 14.7. The van der Waals surface area contributed by atoms with E-state index in [1.807, 2.05) is 37.4 Å². The molecule has 162 valence electrons. The van der Waals surface area contributed by atoms with Gasteiger partial charge in [0.25, 0.3) is 0 Å². The fraction of sp³-hybridized carbons (Fsp3) is 0.200. The maximum Gasteiger partial charge on any atom is 0.103 e. The van der Waals surface area contributed by atoms with E-state index < -0.39 is 0 Å². The lowest BCUT2D eigenvalue weighted by molar-refractivity contribution is 0.384. The van der Waals surface area contributed by atoms with Gasteiger partial charge in [-0.2, -0.15) is 20.7 Å². The molecule has 3 aromatic heterocycles. The first-order valence-corrected chi connectivity index (χ1v) is 11.4. The quantitative estimate of drug-likeness (QED) is 0.459. The summed E-state index contributed by atoms with van der Waals surface area (Å²) in [5.41, 5.74) is 6.35. The number of H-pyrrole nitrogens is 1. The van der Waals surface area contributed by atoms with Crippen molar-refractivity contribution >= 4 is 17.3 Å². The Hall–Kier alpha value is -3.85. The molecule has 0 radical (unpaired) electrons. The fourth-order valence-corrected chi connectivity index (χ4v) is 5.10. The summed E-state index contributed by atoms with van der Waals surface area (Å²) in [6.07, 6.45) is 8.90. The summed E-state index contributed by atoms with van der Waals surface area (Å²) in [6.45, 7) is 3.15. The Balaban J connectivity index is 0.000000274. The molecule has 0 saturated heterocycles. The molecule has 0 spiro atoms. The van der Waals surface area contributed by atoms with Crippen LogP contribution in [0.25, 0.3) is 16.6 Å². The first-order chi connectivity index (χ1) is 16.1. The molecule has 4 heterocycles. The molecule has 1 aromatic carbocycles. The smallest absolute Gasteiger partial charge is 0.103 e. The van der Waals surface area contributed by atoms with E-state index in [-0.39, 0.29) is 0 Å². The Morgan fingerprint density at radius 3 is 2.55 bits per heavy atom. The minimum absolute atomic E-state index is 0.498. The molecule has 0 bridgehead atoms. The Morgan fingerprint density at radius 2 is 1.94 bits per heavy atom. The number of rotatable bonds is 3. The molecule has 1 N–H and O–H groups in total. The Bertz CT molecular complexity index is 1460. The van der Waals surface area contributed by atoms with Crippen molar-refractivity contribution < 1.29 is 0 Å². The lowest BCUT2D eigenvalue weighted by Crippen LogP contribution is -2.16. The van der Waals surface area contributed by atoms with Gasteiger partial charge in [0.15, 0.2) is 0 Å². The number of fused-ring (bicyclic) bond motifs is 2. The number of aromatic amines is 1. The molecule has 1 saturated carbocycles. The molecule has 33 heavy (non-hydrogen) atoms. The number of hydrogen-bond donors (Lipinski definition) is 1. The van der Waals surface area contributed by atoms with Crippen LogP contribution in [0.3, 0.4) is 0 Å². The first kappa shape index (κ1) is 21.0. The van der Waals surface area contributed by atoms with Crippen molar-refractivity contribution in [2.24, 2.45) is 0 Å². The third-order valence-electron chi connectivity index (χ3n) is 5.94. The van der Waals surface area contributed by atoms with Crippen molar-refractivity contribution in [2.45, 2.75) is 29.2 Å². The topological polar surface area (TPSA) is 96.8 Å². The normalized spacial score (nSPS) is 16.4. The van der Waals surface area contributed by atoms with Gasteiger partial charge < -0.3 is 0 Å². The summed E-state index contributed by atoms with van der Waals surface area (Å²) in [7, 11) is 2.18. The van der Waals surface area contributed by atoms with E-state index in [2.05, 4.69) is 45.5 Å². The van der Waals surface area contributed by atoms with E-state index in [1.54, 1.807) is 28.5 Å². The molecule has 6 rings (SSSR count). The highest BCUT2D eigenvalue weighted by Gasteiger charge is 2.36. The average molecular weight is 452 g/mol. The summed E-state index contributed by atoms with van der Waals surface area (Å²) < 4.78 is 1.71. The van der Waals surface area contributed by atoms with Crippen LogP contribution in [0.4, 0.5) is 0 Å². The van der Waals surface area contributed by atoms with Crippen LogP contribution < -0.4 is 0 Å². The van der Waals surface area contributed by atoms with Crippen LogP contribution >= 0.6 is 11.8 Å². The molecule has 0 amide bonds. The molecule has 1 fully saturated rings. The van der Waals surface area contributed by atoms with Crippen LogP contribution in [0.15, 0.2) is 70.4 Å². The van der Waals surface area contributed by atoms with Gasteiger partial charge in [0.2, 0.25) is 0 Å². The van der Waals surface area contributed by atoms with Crippen molar-refractivity contribution in [1.29, 1.82) is 10.5 Å². The van der Waals surface area contributed by atoms with Crippen LogP contribution in [0.1, 0.15) is 23.2 Å². The highest BCUT2D eigenvalue weighted by atomic mass is 32.2. The van der Waals surface area contributed by atoms with Crippen LogP contribution in [0, 0.1) is 29.6 Å². The van der Waals surface area contributed by atoms with Gasteiger partial charge in [-0.15, -0.1) is 0 Å². The fourth-order valence-electron chi connectivity index (χ4n) is 4.01. The molecule has 8 heteroatoms. The van der Waals surface area contributed by atoms with Gasteiger partial charge in [-0.25, -0.2) is 4.52 Å². The van der Waals surface area contributed by atoms with Gasteiger partial charge in [-0.3, -0.25) is 10.00 Å². The second-order valence-electron chi connectivity index (χ2n) is 8.11. The predicted octanol–water partition coefficient (Wildman–Crippen LogP) is 4.56. The van der Waals surface area contributed by atoms with E-state index in [1.165, 1.54) is 24.7 Å². The number of hydrogen-bond acceptors (Lipinski definition) is 6. The van der Waals surface area contributed by atoms with E-state index in [0.717, 1.165) is 38.2 Å². The van der Waals surface area contributed by atoms with Crippen molar-refractivity contribution in [1.82, 2.24) is 24.7 Å². The van der Waals surface area contributed by atoms with Gasteiger partial charge in [0.1, 0.15) is 12.1 Å². The molecule has 1 aliphatic carbocycles. The molecule has 4 aromatic rings. The van der Waals surface area contributed by atoms with E-state index in [9.17, 15) is 10.5 Å². The monoisotopic (exact) mass is 451 g/mol. The van der Waals surface area contributed by atoms with Crippen molar-refractivity contribution in [3.05, 3.63) is 77.4 Å². The molecular formula is C25H21N7S. The molecular weight excluding hydrogens is 430 g/mol. The number of likely N-dealkylation sites (N-methyl/N-ethyl adjacent to an activating group) is 1. The van der Waals surface area contributed by atoms with E-state index in [4.69, 9.17) is 0 Å². The Morgan fingerprint density at radius 1 is 1.12 bits per heavy atom. The maximum atomic E-state index is 9.43. The Kier molecular flexibility index (Phi) is 5.47. The van der Waals surface area contributed by atoms with Crippen molar-refractivity contribution in [3.8, 4) is 23.3 Å². The number of nitriles is 2. The SMILES string of the molecule is CN1CC=C2CC21.Cc1[nH]ncc1-c1cc(Sc2ccccc2C#N)c2c(C#N)cnn2c1. The second-order valence-corrected chi connectivity index (χ2v) is 9.20. The summed E-state index contributed by atoms with van der Waals surface area (Å²) >= 11 is 1.45. The highest BCUT2D eigenvalue weighted by Crippen LogP contribution is 2.38. The zero-order chi connectivity index (χ0) is 22.9. The summed E-state index contributed by atoms with van der Waals surface area (Å²) in [5.74, 6) is 0. The van der Waals surface area contributed by atoms with Crippen LogP contribution in [-0.4, -0.2) is 44.3 Å². The van der Waals surface area contributed by atoms with Crippen LogP contribution in [0.5, 0.6) is 0 Å². The summed E-state index contributed by atoms with van der Waals surface area (Å²) in [4.78, 5) is 4.08. The third-order valence-corrected chi connectivity index (χ3v) is 7.04. The zero-order valence-electron chi connectivity index (χ0n) is 18.3. The van der Waals surface area contributed by atoms with Gasteiger partial charge in [0.05, 0.1) is 29.0 Å². The van der Waals surface area contributed by atoms with Crippen molar-refractivity contribution in [2.75, 3.05) is 13.6 Å². The standard InChI is InChI=1S/C19H12N6S.C6H9N/c1-12-16(10-22-24-12)14-6-18(19-15(8-21)9-23-25(19)11-14)26-17-5-3-2-4-13(17)7-20;1-7-3-2-5-4-6(5)7/h2-6,9-11H,1H3,(H,22,24);2,6H,3-4H2,1H3. The zero-order valence-corrected chi connectivity index (χ0v) is 19.1. The lowest BCUT2D eigenvalue weighted by atomic mass is 10.1. The van der Waals surface area contributed by atoms with E-state index in [0.29, 0.717) is 11.1 Å². The number of nitrogens with one attached hydrogen (secondary N) is 1. The number of aryl methyl sites for hydroxylation is 1. The third kappa shape index (κ3) is 4.03. The highest BCUT2D eigenvalue weighted by molar-refractivity contribution is 7.99. The minimum atomic E-state index is 0.498. The maximum absolute atomic E-state index is 9.43. The Labute approximate surface area is 196 Å². The van der Waals surface area contributed by atoms with Gasteiger partial charge in [-0.05, 0) is 38.6 Å². The minimum Gasteiger partial charge on any atom is -0.296 e. The largest absolute Gasteiger partial charge is 0.296 e. The van der Waals surface area contributed by atoms with Crippen molar-refractivity contribution in [3.63, 3.8) is 0 Å². The summed E-state index contributed by atoms with van der Waals surface area (Å²) in [5, 5.41) is 30.1. The van der Waals surface area contributed by atoms with E-state index >= 15 is 0 Å². The molecule has 2 aliphatic rings. The first-order valence-electron chi connectivity index (χ1n) is 10.6. The number of nitrogens with zero attached hydrogens (tertiary/aromatic N) is 6. The molecule has 1 atom stereocenters. The number of benzene rings is 1. The van der Waals surface area contributed by atoms with Gasteiger partial charge in [0, 0.05) is 45.4 Å². The molecule has 1 unspecified atom stereocenters. The number of aromatic nitrogens is 4. The van der Waals surface area contributed by atoms with Crippen LogP contribution in [-0.2, 0) is 0 Å².